The number of hydrogen-bond acceptors (Lipinski definition) is 9. The molecule has 0 aliphatic heterocycles. The number of primary amides is 1. The molecule has 0 radical (unpaired) electrons. The number of halogens is 4. The highest BCUT2D eigenvalue weighted by atomic mass is 19.4. The number of ether oxygens (including phenoxy) is 1. The van der Waals surface area contributed by atoms with Gasteiger partial charge in [-0.2, -0.15) is 9.49 Å². The minimum Gasteiger partial charge on any atom is -0.406 e. The Hall–Kier alpha value is -5.70. The molecule has 17 heteroatoms. The molecule has 3 aromatic rings. The lowest BCUT2D eigenvalue weighted by molar-refractivity contribution is -0.274. The maximum absolute atomic E-state index is 14.8. The quantitative estimate of drug-likeness (QED) is 0.0359. The van der Waals surface area contributed by atoms with Crippen molar-refractivity contribution in [3.05, 3.63) is 77.1 Å². The SMILES string of the molecule is NC(=O)c1c(C(=O)Nc2cc(NC(=O)Cc3ccc(OC(F)(F)F)cc3)cnc2F)nn(C2CC2)c1NCCCCCC(=C=O)NCC1CC2C=CC1C2. The van der Waals surface area contributed by atoms with Crippen molar-refractivity contribution in [2.45, 2.75) is 70.2 Å². The van der Waals surface area contributed by atoms with Crippen molar-refractivity contribution >= 4 is 40.9 Å². The Labute approximate surface area is 307 Å². The molecule has 3 aliphatic carbocycles. The topological polar surface area (TPSA) is 182 Å². The van der Waals surface area contributed by atoms with E-state index in [0.717, 1.165) is 63.0 Å². The number of carbonyl (C=O) groups excluding carboxylic acids is 4. The number of hydrogen-bond donors (Lipinski definition) is 5. The van der Waals surface area contributed by atoms with Gasteiger partial charge in [-0.25, -0.2) is 14.5 Å². The third kappa shape index (κ3) is 9.83. The molecule has 0 saturated heterocycles. The Morgan fingerprint density at radius 2 is 1.81 bits per heavy atom. The number of anilines is 3. The van der Waals surface area contributed by atoms with E-state index in [-0.39, 0.29) is 35.2 Å². The number of benzene rings is 1. The second-order valence-electron chi connectivity index (χ2n) is 13.8. The maximum Gasteiger partial charge on any atom is 0.573 e. The van der Waals surface area contributed by atoms with Crippen LogP contribution in [-0.2, 0) is 16.0 Å². The Kier molecular flexibility index (Phi) is 11.6. The zero-order valence-corrected chi connectivity index (χ0v) is 29.2. The molecule has 6 rings (SSSR count). The van der Waals surface area contributed by atoms with Crippen molar-refractivity contribution in [2.75, 3.05) is 29.0 Å². The van der Waals surface area contributed by atoms with Gasteiger partial charge in [-0.1, -0.05) is 30.7 Å². The molecule has 3 unspecified atom stereocenters. The Morgan fingerprint density at radius 1 is 1.04 bits per heavy atom. The number of unbranched alkanes of at least 4 members (excludes halogenated alkanes) is 2. The van der Waals surface area contributed by atoms with Gasteiger partial charge in [0.05, 0.1) is 35.7 Å². The molecule has 1 aromatic carbocycles. The van der Waals surface area contributed by atoms with E-state index >= 15 is 0 Å². The summed E-state index contributed by atoms with van der Waals surface area (Å²) in [6.07, 6.45) is 7.18. The summed E-state index contributed by atoms with van der Waals surface area (Å²) in [4.78, 5) is 53.9. The minimum atomic E-state index is -4.85. The predicted molar refractivity (Wildman–Crippen MR) is 190 cm³/mol. The molecule has 2 saturated carbocycles. The number of pyridine rings is 1. The largest absolute Gasteiger partial charge is 0.573 e. The van der Waals surface area contributed by atoms with E-state index < -0.39 is 41.5 Å². The number of nitrogens with one attached hydrogen (secondary N) is 4. The Bertz CT molecular complexity index is 1950. The normalized spacial score (nSPS) is 18.6. The molecule has 13 nitrogen and oxygen atoms in total. The van der Waals surface area contributed by atoms with Crippen molar-refractivity contribution in [2.24, 2.45) is 23.5 Å². The average molecular weight is 753 g/mol. The molecule has 2 bridgehead atoms. The number of aromatic nitrogens is 3. The number of rotatable bonds is 18. The zero-order valence-electron chi connectivity index (χ0n) is 29.2. The smallest absolute Gasteiger partial charge is 0.406 e. The fraction of sp³-hybridized carbons (Fsp3) is 0.432. The summed E-state index contributed by atoms with van der Waals surface area (Å²) in [5.74, 6) is 0.159. The lowest BCUT2D eigenvalue weighted by Gasteiger charge is -2.19. The zero-order chi connectivity index (χ0) is 38.4. The monoisotopic (exact) mass is 752 g/mol. The van der Waals surface area contributed by atoms with Crippen LogP contribution in [0, 0.1) is 23.7 Å². The average Bonchev–Trinajstić information content (AvgIpc) is 3.55. The van der Waals surface area contributed by atoms with Crippen molar-refractivity contribution in [3.8, 4) is 5.75 Å². The second kappa shape index (κ2) is 16.5. The van der Waals surface area contributed by atoms with Gasteiger partial charge in [-0.15, -0.1) is 13.2 Å². The number of nitrogens with zero attached hydrogens (tertiary/aromatic N) is 3. The molecule has 2 heterocycles. The molecule has 3 aliphatic rings. The van der Waals surface area contributed by atoms with E-state index in [1.165, 1.54) is 18.6 Å². The molecule has 54 heavy (non-hydrogen) atoms. The van der Waals surface area contributed by atoms with E-state index in [2.05, 4.69) is 48.2 Å². The highest BCUT2D eigenvalue weighted by molar-refractivity contribution is 6.13. The number of fused-ring (bicyclic) bond motifs is 2. The standard InChI is InChI=1S/C37H40F4N8O5/c38-33-29(17-26(19-45-33)46-30(51)16-21-6-11-28(12-7-21)54-37(39,40)41)47-36(53)32-31(34(42)52)35(49(48-32)27-9-10-27)43-13-3-1-2-4-25(20-50)44-18-24-15-22-5-8-23(24)14-22/h5-8,11-12,17,19,22-24,27,43-44H,1-4,9-10,13-16,18H2,(H2,42,52)(H,46,51)(H,47,53). The van der Waals surface area contributed by atoms with E-state index in [1.54, 1.807) is 4.68 Å². The lowest BCUT2D eigenvalue weighted by atomic mass is 9.93. The van der Waals surface area contributed by atoms with Gasteiger partial charge >= 0.3 is 6.36 Å². The first-order valence-electron chi connectivity index (χ1n) is 17.8. The lowest BCUT2D eigenvalue weighted by Crippen LogP contribution is -2.25. The molecular formula is C37H40F4N8O5. The van der Waals surface area contributed by atoms with Gasteiger partial charge in [0.1, 0.15) is 23.1 Å². The molecular weight excluding hydrogens is 712 g/mol. The first-order chi connectivity index (χ1) is 25.9. The number of amides is 3. The van der Waals surface area contributed by atoms with Gasteiger partial charge < -0.3 is 31.7 Å². The third-order valence-electron chi connectivity index (χ3n) is 9.67. The molecule has 286 valence electrons. The van der Waals surface area contributed by atoms with Gasteiger partial charge in [0.15, 0.2) is 5.69 Å². The van der Waals surface area contributed by atoms with Crippen molar-refractivity contribution in [3.63, 3.8) is 0 Å². The molecule has 3 atom stereocenters. The summed E-state index contributed by atoms with van der Waals surface area (Å²) in [6, 6.07) is 5.77. The van der Waals surface area contributed by atoms with Gasteiger partial charge in [0.2, 0.25) is 11.9 Å². The van der Waals surface area contributed by atoms with Crippen LogP contribution >= 0.6 is 0 Å². The molecule has 3 amide bonds. The van der Waals surface area contributed by atoms with Gasteiger partial charge in [-0.05, 0) is 86.5 Å². The van der Waals surface area contributed by atoms with E-state index in [0.29, 0.717) is 48.4 Å². The second-order valence-corrected chi connectivity index (χ2v) is 13.8. The minimum absolute atomic E-state index is 0.0132. The number of allylic oxidation sites excluding steroid dienone is 3. The Balaban J connectivity index is 1.02. The van der Waals surface area contributed by atoms with Crippen LogP contribution in [0.4, 0.5) is 34.8 Å². The summed E-state index contributed by atoms with van der Waals surface area (Å²) in [6.45, 7) is 1.20. The van der Waals surface area contributed by atoms with Crippen molar-refractivity contribution in [1.29, 1.82) is 0 Å². The summed E-state index contributed by atoms with van der Waals surface area (Å²) in [7, 11) is 0. The summed E-state index contributed by atoms with van der Waals surface area (Å²) >= 11 is 0. The van der Waals surface area contributed by atoms with Crippen LogP contribution in [0.5, 0.6) is 5.75 Å². The maximum atomic E-state index is 14.8. The van der Waals surface area contributed by atoms with Gasteiger partial charge in [0.25, 0.3) is 11.8 Å². The van der Waals surface area contributed by atoms with Crippen LogP contribution in [0.25, 0.3) is 0 Å². The molecule has 6 N–H and O–H groups in total. The first-order valence-corrected chi connectivity index (χ1v) is 17.8. The van der Waals surface area contributed by atoms with E-state index in [9.17, 15) is 36.7 Å². The van der Waals surface area contributed by atoms with Crippen LogP contribution in [0.1, 0.15) is 83.8 Å². The molecule has 2 aromatic heterocycles. The fourth-order valence-corrected chi connectivity index (χ4v) is 6.93. The van der Waals surface area contributed by atoms with Crippen LogP contribution in [0.15, 0.2) is 54.4 Å². The fourth-order valence-electron chi connectivity index (χ4n) is 6.93. The summed E-state index contributed by atoms with van der Waals surface area (Å²) in [5, 5.41) is 15.7. The summed E-state index contributed by atoms with van der Waals surface area (Å²) in [5.41, 5.74) is 5.79. The van der Waals surface area contributed by atoms with Gasteiger partial charge in [0, 0.05) is 13.1 Å². The highest BCUT2D eigenvalue weighted by Gasteiger charge is 2.36. The van der Waals surface area contributed by atoms with Crippen molar-refractivity contribution in [1.82, 2.24) is 20.1 Å². The highest BCUT2D eigenvalue weighted by Crippen LogP contribution is 2.43. The van der Waals surface area contributed by atoms with Crippen molar-refractivity contribution < 1.29 is 41.5 Å². The number of nitrogens with two attached hydrogens (primary N) is 1. The summed E-state index contributed by atoms with van der Waals surface area (Å²) < 4.78 is 57.4. The number of alkyl halides is 3. The number of carbonyl (C=O) groups is 3. The molecule has 2 fully saturated rings. The Morgan fingerprint density at radius 3 is 2.46 bits per heavy atom. The molecule has 0 spiro atoms. The third-order valence-corrected chi connectivity index (χ3v) is 9.67. The van der Waals surface area contributed by atoms with Crippen LogP contribution in [0.2, 0.25) is 0 Å². The van der Waals surface area contributed by atoms with Crippen LogP contribution in [-0.4, -0.2) is 57.9 Å². The van der Waals surface area contributed by atoms with E-state index in [1.807, 2.05) is 5.94 Å². The van der Waals surface area contributed by atoms with E-state index in [4.69, 9.17) is 5.73 Å². The predicted octanol–water partition coefficient (Wildman–Crippen LogP) is 5.67. The first kappa shape index (κ1) is 38.0. The van der Waals surface area contributed by atoms with Crippen LogP contribution < -0.4 is 31.7 Å². The van der Waals surface area contributed by atoms with Gasteiger partial charge in [-0.3, -0.25) is 14.4 Å². The van der Waals surface area contributed by atoms with Crippen LogP contribution in [0.3, 0.4) is 0 Å².